The molecule has 2 N–H and O–H groups in total. The van der Waals surface area contributed by atoms with Crippen LogP contribution >= 0.6 is 28.7 Å². The third-order valence-corrected chi connectivity index (χ3v) is 6.79. The number of hydrogen-bond donors (Lipinski definition) is 2. The number of aromatic hydroxyl groups is 1. The third kappa shape index (κ3) is 4.79. The minimum Gasteiger partial charge on any atom is -0.508 e. The van der Waals surface area contributed by atoms with Crippen LogP contribution in [0.2, 0.25) is 0 Å². The number of ether oxygens (including phenoxy) is 2. The molecule has 5 nitrogen and oxygen atoms in total. The van der Waals surface area contributed by atoms with E-state index in [1.165, 1.54) is 5.56 Å². The number of phenolic OH excluding ortho intramolecular Hbond substituents is 1. The van der Waals surface area contributed by atoms with Crippen molar-refractivity contribution in [1.82, 2.24) is 5.32 Å². The van der Waals surface area contributed by atoms with Crippen molar-refractivity contribution in [2.75, 3.05) is 12.9 Å². The molecule has 2 aromatic carbocycles. The monoisotopic (exact) mass is 518 g/mol. The van der Waals surface area contributed by atoms with Crippen LogP contribution in [0.25, 0.3) is 0 Å². The Morgan fingerprint density at radius 2 is 2.00 bits per heavy atom. The highest BCUT2D eigenvalue weighted by Crippen LogP contribution is 2.51. The van der Waals surface area contributed by atoms with Gasteiger partial charge in [0.1, 0.15) is 17.2 Å². The predicted molar refractivity (Wildman–Crippen MR) is 138 cm³/mol. The lowest BCUT2D eigenvalue weighted by molar-refractivity contribution is 0.0126. The zero-order chi connectivity index (χ0) is 22.2. The van der Waals surface area contributed by atoms with E-state index in [1.807, 2.05) is 31.2 Å². The van der Waals surface area contributed by atoms with Gasteiger partial charge in [-0.25, -0.2) is 4.99 Å². The Bertz CT molecular complexity index is 1020. The number of methoxy groups -OCH3 is 1. The number of amidine groups is 1. The first-order valence-electron chi connectivity index (χ1n) is 10.5. The van der Waals surface area contributed by atoms with Crippen LogP contribution in [0.4, 0.5) is 0 Å². The molecule has 2 aliphatic heterocycles. The van der Waals surface area contributed by atoms with Gasteiger partial charge in [0.15, 0.2) is 5.17 Å². The van der Waals surface area contributed by atoms with Crippen molar-refractivity contribution in [3.8, 4) is 17.2 Å². The highest BCUT2D eigenvalue weighted by Gasteiger charge is 2.48. The Labute approximate surface area is 205 Å². The molecule has 0 aromatic heterocycles. The van der Waals surface area contributed by atoms with Gasteiger partial charge in [0.25, 0.3) is 0 Å². The summed E-state index contributed by atoms with van der Waals surface area (Å²) in [6.07, 6.45) is 3.32. The van der Waals surface area contributed by atoms with Crippen molar-refractivity contribution in [1.29, 1.82) is 0 Å². The van der Waals surface area contributed by atoms with E-state index >= 15 is 0 Å². The Balaban J connectivity index is 0.00000289. The van der Waals surface area contributed by atoms with Crippen LogP contribution in [-0.2, 0) is 0 Å². The molecule has 0 aliphatic carbocycles. The Hall–Kier alpha value is -2.12. The smallest absolute Gasteiger partial charge is 0.206 e. The maximum absolute atomic E-state index is 10.4. The van der Waals surface area contributed by atoms with Crippen LogP contribution < -0.4 is 14.8 Å². The van der Waals surface area contributed by atoms with Gasteiger partial charge in [0.2, 0.25) is 5.72 Å². The number of nitrogens with one attached hydrogen (secondary N) is 1. The topological polar surface area (TPSA) is 63.1 Å². The van der Waals surface area contributed by atoms with Gasteiger partial charge in [0, 0.05) is 41.2 Å². The lowest BCUT2D eigenvalue weighted by Crippen LogP contribution is -2.57. The van der Waals surface area contributed by atoms with Crippen LogP contribution in [0.5, 0.6) is 17.2 Å². The zero-order valence-corrected chi connectivity index (χ0v) is 21.5. The lowest BCUT2D eigenvalue weighted by atomic mass is 9.77. The number of rotatable bonds is 4. The molecule has 0 fully saturated rings. The van der Waals surface area contributed by atoms with Crippen molar-refractivity contribution in [2.45, 2.75) is 50.8 Å². The fourth-order valence-corrected chi connectivity index (χ4v) is 5.42. The molecule has 2 heterocycles. The molecule has 4 rings (SSSR count). The quantitative estimate of drug-likeness (QED) is 0.490. The summed E-state index contributed by atoms with van der Waals surface area (Å²) < 4.78 is 12.0. The van der Waals surface area contributed by atoms with Gasteiger partial charge in [-0.15, -0.1) is 23.6 Å². The number of nitrogens with zero attached hydrogens (tertiary/aromatic N) is 1. The van der Waals surface area contributed by atoms with Crippen LogP contribution in [0, 0.1) is 6.92 Å². The van der Waals surface area contributed by atoms with Crippen LogP contribution in [0.1, 0.15) is 49.3 Å². The Morgan fingerprint density at radius 1 is 1.28 bits per heavy atom. The molecule has 0 saturated heterocycles. The fourth-order valence-electron chi connectivity index (χ4n) is 4.57. The van der Waals surface area contributed by atoms with E-state index in [-0.39, 0.29) is 34.2 Å². The summed E-state index contributed by atoms with van der Waals surface area (Å²) in [6.45, 7) is 10.1. The van der Waals surface area contributed by atoms with E-state index in [0.717, 1.165) is 46.4 Å². The average Bonchev–Trinajstić information content (AvgIpc) is 2.73. The third-order valence-electron chi connectivity index (χ3n) is 5.92. The van der Waals surface area contributed by atoms with E-state index < -0.39 is 5.72 Å². The summed E-state index contributed by atoms with van der Waals surface area (Å²) >= 11 is 1.63. The lowest BCUT2D eigenvalue weighted by Gasteiger charge is -2.47. The van der Waals surface area contributed by atoms with Crippen molar-refractivity contribution < 1.29 is 14.6 Å². The summed E-state index contributed by atoms with van der Waals surface area (Å²) in [6, 6.07) is 11.9. The average molecular weight is 520 g/mol. The first kappa shape index (κ1) is 24.5. The second kappa shape index (κ2) is 9.40. The normalized spacial score (nSPS) is 23.1. The van der Waals surface area contributed by atoms with Gasteiger partial charge in [-0.2, -0.15) is 0 Å². The molecule has 172 valence electrons. The van der Waals surface area contributed by atoms with Crippen LogP contribution in [0.15, 0.2) is 54.0 Å². The Morgan fingerprint density at radius 3 is 2.66 bits per heavy atom. The van der Waals surface area contributed by atoms with Crippen molar-refractivity contribution in [3.63, 3.8) is 0 Å². The first-order chi connectivity index (χ1) is 14.8. The van der Waals surface area contributed by atoms with Crippen molar-refractivity contribution in [2.24, 2.45) is 4.99 Å². The maximum Gasteiger partial charge on any atom is 0.206 e. The van der Waals surface area contributed by atoms with E-state index in [9.17, 15) is 5.11 Å². The van der Waals surface area contributed by atoms with Gasteiger partial charge in [-0.1, -0.05) is 36.0 Å². The van der Waals surface area contributed by atoms with E-state index in [2.05, 4.69) is 37.9 Å². The number of benzene rings is 2. The maximum atomic E-state index is 10.4. The summed E-state index contributed by atoms with van der Waals surface area (Å²) in [4.78, 5) is 5.08. The minimum atomic E-state index is -0.714. The number of aliphatic imine (C=N–C) groups is 1. The molecule has 0 radical (unpaired) electrons. The van der Waals surface area contributed by atoms with E-state index in [4.69, 9.17) is 14.5 Å². The largest absolute Gasteiger partial charge is 0.508 e. The summed E-state index contributed by atoms with van der Waals surface area (Å²) in [7, 11) is 1.67. The fraction of sp³-hybridized carbons (Fsp3) is 0.400. The van der Waals surface area contributed by atoms with Gasteiger partial charge >= 0.3 is 0 Å². The second-order valence-corrected chi connectivity index (χ2v) is 9.92. The molecule has 2 aliphatic rings. The molecule has 0 amide bonds. The molecule has 32 heavy (non-hydrogen) atoms. The molecule has 2 atom stereocenters. The van der Waals surface area contributed by atoms with Gasteiger partial charge in [-0.05, 0) is 44.5 Å². The molecule has 0 bridgehead atoms. The second-order valence-electron chi connectivity index (χ2n) is 8.91. The SMILES string of the molecule is Br.C=CCSC1=NC2(CC(c3ccc(OC)cc3)c3ccc(O)c(C)c3O2)CC(C)(C)N1. The highest BCUT2D eigenvalue weighted by atomic mass is 79.9. The van der Waals surface area contributed by atoms with E-state index in [0.29, 0.717) is 0 Å². The molecule has 0 saturated carbocycles. The number of phenols is 1. The summed E-state index contributed by atoms with van der Waals surface area (Å²) in [5.74, 6) is 2.68. The Kier molecular flexibility index (Phi) is 7.20. The van der Waals surface area contributed by atoms with Gasteiger partial charge < -0.3 is 19.9 Å². The summed E-state index contributed by atoms with van der Waals surface area (Å²) in [5.41, 5.74) is 2.12. The zero-order valence-electron chi connectivity index (χ0n) is 19.0. The molecular formula is C25H31BrN2O3S. The van der Waals surface area contributed by atoms with E-state index in [1.54, 1.807) is 24.9 Å². The van der Waals surface area contributed by atoms with Crippen LogP contribution in [0.3, 0.4) is 0 Å². The summed E-state index contributed by atoms with van der Waals surface area (Å²) in [5, 5.41) is 14.8. The number of fused-ring (bicyclic) bond motifs is 1. The molecule has 7 heteroatoms. The molecule has 1 spiro atoms. The minimum absolute atomic E-state index is 0. The first-order valence-corrected chi connectivity index (χ1v) is 11.5. The molecular weight excluding hydrogens is 488 g/mol. The number of hydrogen-bond acceptors (Lipinski definition) is 6. The standard InChI is InChI=1S/C25H30N2O3S.BrH/c1-6-13-31-23-26-24(3,4)15-25(27-23)14-20(17-7-9-18(29-5)10-8-17)19-11-12-21(28)16(2)22(19)30-25;/h6-12,20,28H,1,13-15H2,2-5H3,(H,26,27);1H. The highest BCUT2D eigenvalue weighted by molar-refractivity contribution is 8.93. The van der Waals surface area contributed by atoms with Crippen molar-refractivity contribution >= 4 is 33.9 Å². The number of halogens is 1. The molecule has 2 aromatic rings. The van der Waals surface area contributed by atoms with Crippen molar-refractivity contribution in [3.05, 3.63) is 65.7 Å². The van der Waals surface area contributed by atoms with Gasteiger partial charge in [0.05, 0.1) is 7.11 Å². The van der Waals surface area contributed by atoms with Gasteiger partial charge in [-0.3, -0.25) is 0 Å². The van der Waals surface area contributed by atoms with Crippen LogP contribution in [-0.4, -0.2) is 34.4 Å². The predicted octanol–water partition coefficient (Wildman–Crippen LogP) is 5.94. The number of thioether (sulfide) groups is 1. The molecule has 2 unspecified atom stereocenters.